The highest BCUT2D eigenvalue weighted by Gasteiger charge is 2.14. The third-order valence-electron chi connectivity index (χ3n) is 6.06. The number of ether oxygens (including phenoxy) is 1. The summed E-state index contributed by atoms with van der Waals surface area (Å²) in [6, 6.07) is 15.4. The maximum absolute atomic E-state index is 13.0. The fourth-order valence-electron chi connectivity index (χ4n) is 4.06. The predicted molar refractivity (Wildman–Crippen MR) is 161 cm³/mol. The van der Waals surface area contributed by atoms with Crippen LogP contribution in [0.3, 0.4) is 0 Å². The van der Waals surface area contributed by atoms with Crippen molar-refractivity contribution in [3.05, 3.63) is 101 Å². The topological polar surface area (TPSA) is 80.0 Å². The summed E-state index contributed by atoms with van der Waals surface area (Å²) >= 11 is 0. The summed E-state index contributed by atoms with van der Waals surface area (Å²) in [6.07, 6.45) is 10.3. The number of anilines is 1. The van der Waals surface area contributed by atoms with Crippen molar-refractivity contribution in [2.24, 2.45) is 4.99 Å². The summed E-state index contributed by atoms with van der Waals surface area (Å²) in [7, 11) is 0. The van der Waals surface area contributed by atoms with Gasteiger partial charge in [-0.05, 0) is 67.4 Å². The van der Waals surface area contributed by atoms with Crippen LogP contribution >= 0.6 is 0 Å². The summed E-state index contributed by atoms with van der Waals surface area (Å²) in [5, 5.41) is 6.35. The average Bonchev–Trinajstić information content (AvgIpc) is 3.30. The van der Waals surface area contributed by atoms with Crippen LogP contribution in [0.4, 0.5) is 5.82 Å². The van der Waals surface area contributed by atoms with Crippen LogP contribution in [0, 0.1) is 13.8 Å². The van der Waals surface area contributed by atoms with Crippen LogP contribution in [0.15, 0.2) is 83.9 Å². The summed E-state index contributed by atoms with van der Waals surface area (Å²) in [5.74, 6) is 1.84. The maximum Gasteiger partial charge on any atom is 0.251 e. The molecule has 1 aliphatic heterocycles. The van der Waals surface area contributed by atoms with E-state index in [-0.39, 0.29) is 16.2 Å². The molecule has 202 valence electrons. The number of benzene rings is 1. The van der Waals surface area contributed by atoms with Gasteiger partial charge >= 0.3 is 0 Å². The number of allylic oxidation sites excluding steroid dienone is 1. The monoisotopic (exact) mass is 515 g/mol. The first kappa shape index (κ1) is 28.2. The summed E-state index contributed by atoms with van der Waals surface area (Å²) < 4.78 is 8.21. The normalized spacial score (nSPS) is 12.1. The number of aryl methyl sites for hydroxylation is 1. The van der Waals surface area contributed by atoms with Gasteiger partial charge in [0.15, 0.2) is 0 Å². The first-order valence-corrected chi connectivity index (χ1v) is 12.6. The Bertz CT molecular complexity index is 1460. The molecule has 0 bridgehead atoms. The number of fused-ring (bicyclic) bond motifs is 1. The Kier molecular flexibility index (Phi) is 9.82. The molecule has 0 saturated heterocycles. The first-order valence-electron chi connectivity index (χ1n) is 12.6. The third kappa shape index (κ3) is 6.68. The molecule has 5 rings (SSSR count). The number of nitrogens with zero attached hydrogens (tertiary/aromatic N) is 3. The van der Waals surface area contributed by atoms with Crippen molar-refractivity contribution in [1.82, 2.24) is 14.7 Å². The van der Waals surface area contributed by atoms with Crippen molar-refractivity contribution in [3.63, 3.8) is 0 Å². The minimum atomic E-state index is -0.136. The van der Waals surface area contributed by atoms with Crippen LogP contribution in [0.5, 0.6) is 11.5 Å². The zero-order valence-electron chi connectivity index (χ0n) is 21.8. The number of hydrogen-bond donors (Lipinski definition) is 2. The van der Waals surface area contributed by atoms with Crippen LogP contribution in [0.25, 0.3) is 5.52 Å². The molecule has 0 saturated carbocycles. The lowest BCUT2D eigenvalue weighted by Gasteiger charge is -2.14. The smallest absolute Gasteiger partial charge is 0.251 e. The summed E-state index contributed by atoms with van der Waals surface area (Å²) in [4.78, 5) is 21.6. The molecule has 7 nitrogen and oxygen atoms in total. The fourth-order valence-corrected chi connectivity index (χ4v) is 4.06. The Morgan fingerprint density at radius 1 is 1.11 bits per heavy atom. The van der Waals surface area contributed by atoms with Crippen LogP contribution in [-0.2, 0) is 6.54 Å². The van der Waals surface area contributed by atoms with Gasteiger partial charge in [0.25, 0.3) is 5.91 Å². The zero-order chi connectivity index (χ0) is 26.2. The molecular formula is C31H41N5O2. The molecule has 1 amide bonds. The second-order valence-corrected chi connectivity index (χ2v) is 8.54. The highest BCUT2D eigenvalue weighted by molar-refractivity contribution is 5.96. The molecular weight excluding hydrogens is 474 g/mol. The first-order chi connectivity index (χ1) is 18.1. The highest BCUT2D eigenvalue weighted by atomic mass is 16.5. The number of rotatable bonds is 7. The van der Waals surface area contributed by atoms with Crippen LogP contribution in [0.1, 0.15) is 57.6 Å². The molecule has 3 aromatic heterocycles. The molecule has 0 atom stereocenters. The molecule has 38 heavy (non-hydrogen) atoms. The maximum atomic E-state index is 13.0. The lowest BCUT2D eigenvalue weighted by Crippen LogP contribution is -2.23. The van der Waals surface area contributed by atoms with E-state index in [1.54, 1.807) is 18.5 Å². The number of nitrogens with one attached hydrogen (secondary N) is 2. The molecule has 7 heteroatoms. The minimum absolute atomic E-state index is 0. The quantitative estimate of drug-likeness (QED) is 0.266. The third-order valence-corrected chi connectivity index (χ3v) is 6.06. The van der Waals surface area contributed by atoms with E-state index in [1.165, 1.54) is 5.56 Å². The Morgan fingerprint density at radius 3 is 2.71 bits per heavy atom. The molecule has 4 heterocycles. The fraction of sp³-hybridized carbons (Fsp3) is 0.258. The SMILES string of the molecule is C.CC.Cc1c(Oc2ccnc(NC3=CC=NCC3)c2)cccc1C(=O)NCc1ccn2ccc(C)c2c1.[HH].[HH]. The van der Waals surface area contributed by atoms with Crippen molar-refractivity contribution in [2.75, 3.05) is 11.9 Å². The number of carbonyl (C=O) groups is 1. The molecule has 0 aliphatic carbocycles. The van der Waals surface area contributed by atoms with Gasteiger partial charge in [0.2, 0.25) is 0 Å². The lowest BCUT2D eigenvalue weighted by molar-refractivity contribution is 0.0950. The molecule has 4 aromatic rings. The van der Waals surface area contributed by atoms with E-state index in [0.29, 0.717) is 29.4 Å². The zero-order valence-corrected chi connectivity index (χ0v) is 21.8. The molecule has 0 fully saturated rings. The second-order valence-electron chi connectivity index (χ2n) is 8.54. The number of aromatic nitrogens is 2. The predicted octanol–water partition coefficient (Wildman–Crippen LogP) is 7.60. The molecule has 0 radical (unpaired) electrons. The molecule has 1 aliphatic rings. The molecule has 1 aromatic carbocycles. The van der Waals surface area contributed by atoms with Crippen molar-refractivity contribution in [2.45, 2.75) is 48.1 Å². The van der Waals surface area contributed by atoms with Gasteiger partial charge in [0.1, 0.15) is 17.3 Å². The van der Waals surface area contributed by atoms with Crippen molar-refractivity contribution in [3.8, 4) is 11.5 Å². The van der Waals surface area contributed by atoms with Crippen molar-refractivity contribution < 1.29 is 12.4 Å². The Morgan fingerprint density at radius 2 is 1.92 bits per heavy atom. The second kappa shape index (κ2) is 13.2. The van der Waals surface area contributed by atoms with E-state index in [2.05, 4.69) is 44.1 Å². The van der Waals surface area contributed by atoms with E-state index in [9.17, 15) is 4.79 Å². The standard InChI is InChI=1S/C28H27N5O2.C2H6.CH4.2H2/c1-19-9-14-33-15-10-21(16-25(19)33)18-31-28(34)24-4-3-5-26(20(24)2)35-23-8-13-30-27(17-23)32-22-6-11-29-12-7-22;1-2;;;/h3-6,8-11,13-17H,7,12,18H2,1-2H3,(H,30,32)(H,31,34);1-2H3;1H4;2*1H. The van der Waals surface area contributed by atoms with Gasteiger partial charge in [0, 0.05) is 75.6 Å². The van der Waals surface area contributed by atoms with Crippen molar-refractivity contribution in [1.29, 1.82) is 0 Å². The number of dihydropyridines is 1. The molecule has 0 unspecified atom stereocenters. The Balaban J connectivity index is 0.00000157. The van der Waals surface area contributed by atoms with Crippen LogP contribution in [-0.4, -0.2) is 28.1 Å². The lowest BCUT2D eigenvalue weighted by atomic mass is 10.1. The van der Waals surface area contributed by atoms with Gasteiger partial charge in [-0.25, -0.2) is 4.98 Å². The summed E-state index contributed by atoms with van der Waals surface area (Å²) in [5.41, 5.74) is 5.82. The Labute approximate surface area is 228 Å². The van der Waals surface area contributed by atoms with Gasteiger partial charge < -0.3 is 19.8 Å². The summed E-state index contributed by atoms with van der Waals surface area (Å²) in [6.45, 7) is 9.19. The van der Waals surface area contributed by atoms with Gasteiger partial charge in [-0.2, -0.15) is 0 Å². The van der Waals surface area contributed by atoms with Gasteiger partial charge in [-0.3, -0.25) is 9.79 Å². The van der Waals surface area contributed by atoms with Gasteiger partial charge in [0.05, 0.1) is 0 Å². The number of carbonyl (C=O) groups excluding carboxylic acids is 1. The van der Waals surface area contributed by atoms with Gasteiger partial charge in [-0.15, -0.1) is 0 Å². The van der Waals surface area contributed by atoms with E-state index >= 15 is 0 Å². The van der Waals surface area contributed by atoms with E-state index in [0.717, 1.165) is 35.3 Å². The average molecular weight is 516 g/mol. The van der Waals surface area contributed by atoms with Gasteiger partial charge in [-0.1, -0.05) is 27.3 Å². The highest BCUT2D eigenvalue weighted by Crippen LogP contribution is 2.28. The van der Waals surface area contributed by atoms with Crippen LogP contribution in [0.2, 0.25) is 0 Å². The van der Waals surface area contributed by atoms with E-state index in [4.69, 9.17) is 4.74 Å². The number of pyridine rings is 2. The Hall–Kier alpha value is -4.39. The number of amides is 1. The largest absolute Gasteiger partial charge is 0.457 e. The van der Waals surface area contributed by atoms with Crippen LogP contribution < -0.4 is 15.4 Å². The minimum Gasteiger partial charge on any atom is -0.457 e. The number of aliphatic imine (C=N–C) groups is 1. The van der Waals surface area contributed by atoms with E-state index in [1.807, 2.05) is 69.6 Å². The van der Waals surface area contributed by atoms with E-state index < -0.39 is 0 Å². The molecule has 2 N–H and O–H groups in total. The molecule has 0 spiro atoms. The number of hydrogen-bond acceptors (Lipinski definition) is 5. The van der Waals surface area contributed by atoms with Crippen molar-refractivity contribution >= 4 is 23.5 Å².